The van der Waals surface area contributed by atoms with E-state index in [9.17, 15) is 19.5 Å². The van der Waals surface area contributed by atoms with Crippen LogP contribution in [0.4, 0.5) is 0 Å². The third-order valence-electron chi connectivity index (χ3n) is 5.87. The fraction of sp³-hybridized carbons (Fsp3) is 0.850. The Labute approximate surface area is 161 Å². The second kappa shape index (κ2) is 8.69. The Hall–Kier alpha value is -1.47. The van der Waals surface area contributed by atoms with E-state index in [1.165, 1.54) is 4.90 Å². The number of likely N-dealkylation sites (tertiary alicyclic amines) is 1. The van der Waals surface area contributed by atoms with Gasteiger partial charge >= 0.3 is 11.9 Å². The molecule has 0 aromatic rings. The maximum absolute atomic E-state index is 13.0. The number of ketones is 1. The lowest BCUT2D eigenvalue weighted by atomic mass is 9.64. The Kier molecular flexibility index (Phi) is 7.03. The maximum Gasteiger partial charge on any atom is 0.332 e. The van der Waals surface area contributed by atoms with Crippen molar-refractivity contribution in [3.63, 3.8) is 0 Å². The molecule has 0 bridgehead atoms. The van der Waals surface area contributed by atoms with Crippen LogP contribution >= 0.6 is 0 Å². The van der Waals surface area contributed by atoms with Gasteiger partial charge in [-0.15, -0.1) is 0 Å². The number of carbonyl (C=O) groups is 3. The van der Waals surface area contributed by atoms with Gasteiger partial charge in [-0.05, 0) is 45.4 Å². The highest BCUT2D eigenvalue weighted by atomic mass is 16.6. The number of rotatable bonds is 6. The van der Waals surface area contributed by atoms with E-state index in [2.05, 4.69) is 0 Å². The minimum atomic E-state index is -1.73. The maximum atomic E-state index is 13.0. The van der Waals surface area contributed by atoms with Gasteiger partial charge < -0.3 is 15.6 Å². The number of nitrogens with two attached hydrogens (primary N) is 1. The first kappa shape index (κ1) is 21.8. The van der Waals surface area contributed by atoms with Crippen LogP contribution in [-0.4, -0.2) is 58.5 Å². The smallest absolute Gasteiger partial charge is 0.332 e. The first-order chi connectivity index (χ1) is 12.6. The molecule has 27 heavy (non-hydrogen) atoms. The highest BCUT2D eigenvalue weighted by molar-refractivity contribution is 6.09. The molecule has 2 unspecified atom stereocenters. The summed E-state index contributed by atoms with van der Waals surface area (Å²) in [4.78, 5) is 39.5. The summed E-state index contributed by atoms with van der Waals surface area (Å²) in [5.41, 5.74) is 3.26. The van der Waals surface area contributed by atoms with Gasteiger partial charge in [0, 0.05) is 6.54 Å². The minimum absolute atomic E-state index is 0.173. The lowest BCUT2D eigenvalue weighted by Crippen LogP contribution is -2.70. The summed E-state index contributed by atoms with van der Waals surface area (Å²) in [6.45, 7) is 5.11. The van der Waals surface area contributed by atoms with Gasteiger partial charge in [0.05, 0.1) is 13.1 Å². The molecule has 7 nitrogen and oxygen atoms in total. The third-order valence-corrected chi connectivity index (χ3v) is 5.87. The summed E-state index contributed by atoms with van der Waals surface area (Å²) in [7, 11) is 0. The largest absolute Gasteiger partial charge is 0.480 e. The summed E-state index contributed by atoms with van der Waals surface area (Å²) in [6, 6.07) is 0. The van der Waals surface area contributed by atoms with Crippen LogP contribution in [0.2, 0.25) is 0 Å². The Morgan fingerprint density at radius 1 is 1.11 bits per heavy atom. The highest BCUT2D eigenvalue weighted by Gasteiger charge is 2.59. The van der Waals surface area contributed by atoms with Gasteiger partial charge in [0.25, 0.3) is 0 Å². The minimum Gasteiger partial charge on any atom is -0.480 e. The van der Waals surface area contributed by atoms with Crippen molar-refractivity contribution in [2.45, 2.75) is 76.9 Å². The number of piperidine rings is 1. The van der Waals surface area contributed by atoms with Crippen molar-refractivity contribution >= 4 is 17.7 Å². The summed E-state index contributed by atoms with van der Waals surface area (Å²) < 4.78 is 5.39. The normalized spacial score (nSPS) is 27.9. The first-order valence-electron chi connectivity index (χ1n) is 10.1. The van der Waals surface area contributed by atoms with Gasteiger partial charge in [0.1, 0.15) is 5.60 Å². The molecule has 1 aliphatic heterocycles. The molecule has 0 spiro atoms. The molecular formula is C20H34N2O5. The van der Waals surface area contributed by atoms with Gasteiger partial charge in [0.2, 0.25) is 0 Å². The van der Waals surface area contributed by atoms with Crippen LogP contribution < -0.4 is 5.73 Å². The number of carboxylic acids is 1. The molecule has 0 aromatic heterocycles. The fourth-order valence-electron chi connectivity index (χ4n) is 4.92. The number of ether oxygens (including phenoxy) is 1. The van der Waals surface area contributed by atoms with E-state index >= 15 is 0 Å². The summed E-state index contributed by atoms with van der Waals surface area (Å²) in [5.74, 6) is -2.35. The molecule has 2 rings (SSSR count). The van der Waals surface area contributed by atoms with E-state index in [0.29, 0.717) is 13.0 Å². The van der Waals surface area contributed by atoms with Crippen molar-refractivity contribution in [1.29, 1.82) is 0 Å². The van der Waals surface area contributed by atoms with Crippen LogP contribution in [0.1, 0.15) is 65.7 Å². The molecule has 2 fully saturated rings. The van der Waals surface area contributed by atoms with Crippen molar-refractivity contribution in [1.82, 2.24) is 4.90 Å². The number of Topliss-reactive ketones (excluding diaryl/α,β-unsaturated/α-hetero) is 1. The zero-order valence-electron chi connectivity index (χ0n) is 16.8. The van der Waals surface area contributed by atoms with Crippen molar-refractivity contribution in [3.8, 4) is 0 Å². The van der Waals surface area contributed by atoms with Crippen LogP contribution in [0, 0.1) is 11.8 Å². The fourth-order valence-corrected chi connectivity index (χ4v) is 4.92. The number of carbonyl (C=O) groups excluding carboxylic acids is 2. The third kappa shape index (κ3) is 4.69. The number of aliphatic carboxylic acids is 1. The molecule has 0 amide bonds. The Morgan fingerprint density at radius 3 is 2.26 bits per heavy atom. The van der Waals surface area contributed by atoms with Gasteiger partial charge in [0.15, 0.2) is 11.3 Å². The van der Waals surface area contributed by atoms with E-state index in [0.717, 1.165) is 38.5 Å². The number of esters is 1. The van der Waals surface area contributed by atoms with E-state index < -0.39 is 28.9 Å². The zero-order chi connectivity index (χ0) is 20.2. The lowest BCUT2D eigenvalue weighted by molar-refractivity contribution is -0.174. The Morgan fingerprint density at radius 2 is 1.74 bits per heavy atom. The second-order valence-electron chi connectivity index (χ2n) is 8.85. The molecule has 7 heteroatoms. The van der Waals surface area contributed by atoms with Crippen LogP contribution in [0.5, 0.6) is 0 Å². The van der Waals surface area contributed by atoms with Crippen LogP contribution in [0.25, 0.3) is 0 Å². The molecule has 154 valence electrons. The van der Waals surface area contributed by atoms with Crippen LogP contribution in [0.15, 0.2) is 0 Å². The first-order valence-corrected chi connectivity index (χ1v) is 10.1. The Balaban J connectivity index is 2.38. The molecule has 1 saturated heterocycles. The number of nitrogens with zero attached hydrogens (tertiary/aromatic N) is 1. The summed E-state index contributed by atoms with van der Waals surface area (Å²) >= 11 is 0. The topological polar surface area (TPSA) is 110 Å². The summed E-state index contributed by atoms with van der Waals surface area (Å²) in [5, 5.41) is 10.2. The second-order valence-corrected chi connectivity index (χ2v) is 8.85. The quantitative estimate of drug-likeness (QED) is 0.534. The number of hydrogen-bond donors (Lipinski definition) is 2. The zero-order valence-corrected chi connectivity index (χ0v) is 16.8. The summed E-state index contributed by atoms with van der Waals surface area (Å²) in [6.07, 6.45) is 6.55. The predicted molar refractivity (Wildman–Crippen MR) is 101 cm³/mol. The van der Waals surface area contributed by atoms with E-state index in [1.807, 2.05) is 0 Å². The number of carboxylic acid groups (broad SMARTS) is 1. The SMILES string of the molecule is CC(C)(C)OC(=O)CN1CCCC(C2CCCCC2)C1(C(=O)O)C(=O)CN. The highest BCUT2D eigenvalue weighted by Crippen LogP contribution is 2.44. The average Bonchev–Trinajstić information content (AvgIpc) is 2.59. The molecule has 2 aliphatic rings. The van der Waals surface area contributed by atoms with Gasteiger partial charge in [-0.1, -0.05) is 32.1 Å². The van der Waals surface area contributed by atoms with Crippen molar-refractivity contribution < 1.29 is 24.2 Å². The van der Waals surface area contributed by atoms with Gasteiger partial charge in [-0.2, -0.15) is 0 Å². The molecule has 0 aromatic carbocycles. The van der Waals surface area contributed by atoms with Gasteiger partial charge in [-0.25, -0.2) is 4.79 Å². The standard InChI is InChI=1S/C20H34N2O5/c1-19(2,3)27-17(24)13-22-11-7-10-15(14-8-5-4-6-9-14)20(22,18(25)26)16(23)12-21/h14-15H,4-13,21H2,1-3H3,(H,25,26). The monoisotopic (exact) mass is 382 g/mol. The van der Waals surface area contributed by atoms with Crippen LogP contribution in [0.3, 0.4) is 0 Å². The van der Waals surface area contributed by atoms with Crippen molar-refractivity contribution in [2.24, 2.45) is 17.6 Å². The molecule has 2 atom stereocenters. The molecule has 1 saturated carbocycles. The lowest BCUT2D eigenvalue weighted by Gasteiger charge is -2.50. The average molecular weight is 383 g/mol. The number of hydrogen-bond acceptors (Lipinski definition) is 6. The molecule has 0 radical (unpaired) electrons. The van der Waals surface area contributed by atoms with E-state index in [4.69, 9.17) is 10.5 Å². The predicted octanol–water partition coefficient (Wildman–Crippen LogP) is 1.97. The Bertz CT molecular complexity index is 565. The van der Waals surface area contributed by atoms with Crippen LogP contribution in [-0.2, 0) is 19.1 Å². The van der Waals surface area contributed by atoms with Crippen molar-refractivity contribution in [2.75, 3.05) is 19.6 Å². The molecule has 3 N–H and O–H groups in total. The van der Waals surface area contributed by atoms with Gasteiger partial charge in [-0.3, -0.25) is 14.5 Å². The van der Waals surface area contributed by atoms with E-state index in [-0.39, 0.29) is 24.9 Å². The molecular weight excluding hydrogens is 348 g/mol. The van der Waals surface area contributed by atoms with E-state index in [1.54, 1.807) is 20.8 Å². The van der Waals surface area contributed by atoms with Crippen molar-refractivity contribution in [3.05, 3.63) is 0 Å². The molecule has 1 heterocycles. The molecule has 1 aliphatic carbocycles.